The number of aryl methyl sites for hydroxylation is 1. The number of hydrogen-bond donors (Lipinski definition) is 1. The molecule has 1 aromatic heterocycles. The second-order valence-electron chi connectivity index (χ2n) is 12.5. The lowest BCUT2D eigenvalue weighted by atomic mass is 9.82. The average molecular weight is 747 g/mol. The van der Waals surface area contributed by atoms with E-state index in [1.54, 1.807) is 7.11 Å². The van der Waals surface area contributed by atoms with E-state index < -0.39 is 13.7 Å². The highest BCUT2D eigenvalue weighted by Crippen LogP contribution is 2.60. The van der Waals surface area contributed by atoms with E-state index in [4.69, 9.17) is 14.2 Å². The van der Waals surface area contributed by atoms with Crippen LogP contribution in [-0.4, -0.2) is 73.5 Å². The standard InChI is InChI=1S/C33H43IN4O6Si/c1-22-31(45(4,5)26-12-10-25(42-2)11-13-26)29(15-18-37-21-24(16-19-39)35-36-37)44-33(22)27-20-23(34)9-14-28(27)38(32(33)41)17-7-6-8-30(40)43-3/h9-14,20-22,29,31,39H,6-8,15-19H2,1-5H3/t22-,29+,31-,33+/m0/s1. The molecule has 1 fully saturated rings. The smallest absolute Gasteiger partial charge is 0.305 e. The van der Waals surface area contributed by atoms with Gasteiger partial charge in [0.05, 0.1) is 39.8 Å². The molecule has 242 valence electrons. The van der Waals surface area contributed by atoms with Crippen LogP contribution in [0.25, 0.3) is 0 Å². The third-order valence-corrected chi connectivity index (χ3v) is 14.7. The van der Waals surface area contributed by atoms with Crippen molar-refractivity contribution in [3.63, 3.8) is 0 Å². The van der Waals surface area contributed by atoms with E-state index in [9.17, 15) is 14.7 Å². The Morgan fingerprint density at radius 1 is 1.13 bits per heavy atom. The van der Waals surface area contributed by atoms with E-state index in [1.807, 2.05) is 40.0 Å². The van der Waals surface area contributed by atoms with Crippen LogP contribution < -0.4 is 14.8 Å². The third kappa shape index (κ3) is 6.43. The van der Waals surface area contributed by atoms with Gasteiger partial charge in [-0.3, -0.25) is 14.3 Å². The number of fused-ring (bicyclic) bond motifs is 2. The van der Waals surface area contributed by atoms with E-state index in [2.05, 4.69) is 71.1 Å². The van der Waals surface area contributed by atoms with Crippen LogP contribution in [0, 0.1) is 9.49 Å². The van der Waals surface area contributed by atoms with Gasteiger partial charge >= 0.3 is 5.97 Å². The third-order valence-electron chi connectivity index (χ3n) is 9.63. The summed E-state index contributed by atoms with van der Waals surface area (Å²) in [6, 6.07) is 14.5. The molecule has 0 radical (unpaired) electrons. The Bertz CT molecular complexity index is 1520. The number of amides is 1. The maximum Gasteiger partial charge on any atom is 0.305 e. The van der Waals surface area contributed by atoms with Crippen molar-refractivity contribution in [2.24, 2.45) is 5.92 Å². The van der Waals surface area contributed by atoms with Crippen LogP contribution in [0.2, 0.25) is 18.6 Å². The van der Waals surface area contributed by atoms with Crippen molar-refractivity contribution in [3.8, 4) is 5.75 Å². The van der Waals surface area contributed by atoms with E-state index in [0.29, 0.717) is 45.2 Å². The number of halogens is 1. The molecule has 5 rings (SSSR count). The van der Waals surface area contributed by atoms with Gasteiger partial charge in [0.2, 0.25) is 0 Å². The molecule has 12 heteroatoms. The number of aromatic nitrogens is 3. The summed E-state index contributed by atoms with van der Waals surface area (Å²) in [4.78, 5) is 28.3. The summed E-state index contributed by atoms with van der Waals surface area (Å²) >= 11 is 2.31. The van der Waals surface area contributed by atoms with Gasteiger partial charge in [0.25, 0.3) is 5.91 Å². The Kier molecular flexibility index (Phi) is 10.4. The normalized spacial score (nSPS) is 22.7. The zero-order chi connectivity index (χ0) is 32.4. The number of nitrogens with zero attached hydrogens (tertiary/aromatic N) is 4. The van der Waals surface area contributed by atoms with Gasteiger partial charge in [-0.1, -0.05) is 42.6 Å². The minimum atomic E-state index is -2.26. The summed E-state index contributed by atoms with van der Waals surface area (Å²) in [7, 11) is 0.804. The molecule has 0 unspecified atom stereocenters. The molecular weight excluding hydrogens is 703 g/mol. The number of hydrogen-bond acceptors (Lipinski definition) is 8. The molecule has 1 saturated heterocycles. The Hall–Kier alpha value is -2.81. The first-order valence-corrected chi connectivity index (χ1v) is 19.7. The number of aliphatic hydroxyl groups excluding tert-OH is 1. The van der Waals surface area contributed by atoms with E-state index in [1.165, 1.54) is 12.3 Å². The fraction of sp³-hybridized carbons (Fsp3) is 0.515. The van der Waals surface area contributed by atoms with Crippen molar-refractivity contribution in [1.29, 1.82) is 0 Å². The molecule has 4 atom stereocenters. The lowest BCUT2D eigenvalue weighted by Crippen LogP contribution is -2.52. The number of esters is 1. The first-order valence-electron chi connectivity index (χ1n) is 15.6. The van der Waals surface area contributed by atoms with Crippen LogP contribution in [-0.2, 0) is 37.6 Å². The van der Waals surface area contributed by atoms with E-state index in [0.717, 1.165) is 26.3 Å². The van der Waals surface area contributed by atoms with Gasteiger partial charge in [0.15, 0.2) is 5.60 Å². The van der Waals surface area contributed by atoms with Gasteiger partial charge in [-0.05, 0) is 77.7 Å². The van der Waals surface area contributed by atoms with Gasteiger partial charge < -0.3 is 24.2 Å². The first kappa shape index (κ1) is 33.5. The molecule has 3 heterocycles. The minimum Gasteiger partial charge on any atom is -0.497 e. The summed E-state index contributed by atoms with van der Waals surface area (Å²) in [6.45, 7) is 8.05. The van der Waals surface area contributed by atoms with Crippen LogP contribution >= 0.6 is 22.6 Å². The second-order valence-corrected chi connectivity index (χ2v) is 18.5. The molecule has 0 bridgehead atoms. The molecule has 1 spiro atoms. The van der Waals surface area contributed by atoms with Crippen molar-refractivity contribution >= 4 is 53.4 Å². The van der Waals surface area contributed by atoms with Crippen LogP contribution in [0.3, 0.4) is 0 Å². The van der Waals surface area contributed by atoms with Crippen LogP contribution in [0.5, 0.6) is 5.75 Å². The molecule has 2 aliphatic rings. The quantitative estimate of drug-likeness (QED) is 0.118. The highest BCUT2D eigenvalue weighted by molar-refractivity contribution is 14.1. The summed E-state index contributed by atoms with van der Waals surface area (Å²) in [5.41, 5.74) is 1.56. The average Bonchev–Trinajstić information content (AvgIpc) is 3.68. The van der Waals surface area contributed by atoms with Crippen LogP contribution in [0.15, 0.2) is 48.7 Å². The SMILES string of the molecule is COC(=O)CCCCN1C(=O)[C@]2(O[C@H](CCn3cc(CCO)nn3)[C@@H]([Si](C)(C)c3ccc(OC)cc3)[C@@H]2C)c2cc(I)ccc21. The predicted octanol–water partition coefficient (Wildman–Crippen LogP) is 4.42. The van der Waals surface area contributed by atoms with E-state index in [-0.39, 0.29) is 36.0 Å². The first-order chi connectivity index (χ1) is 21.6. The van der Waals surface area contributed by atoms with Gasteiger partial charge in [0.1, 0.15) is 5.75 Å². The predicted molar refractivity (Wildman–Crippen MR) is 182 cm³/mol. The number of anilines is 1. The molecule has 2 aromatic carbocycles. The molecule has 2 aliphatic heterocycles. The Labute approximate surface area is 279 Å². The summed E-state index contributed by atoms with van der Waals surface area (Å²) in [6.07, 6.45) is 4.43. The lowest BCUT2D eigenvalue weighted by Gasteiger charge is -2.37. The summed E-state index contributed by atoms with van der Waals surface area (Å²) in [5.74, 6) is 0.447. The largest absolute Gasteiger partial charge is 0.497 e. The lowest BCUT2D eigenvalue weighted by molar-refractivity contribution is -0.146. The Morgan fingerprint density at radius 2 is 1.89 bits per heavy atom. The minimum absolute atomic E-state index is 0.0215. The fourth-order valence-corrected chi connectivity index (χ4v) is 11.9. The molecule has 45 heavy (non-hydrogen) atoms. The Balaban J connectivity index is 1.51. The van der Waals surface area contributed by atoms with Crippen molar-refractivity contribution in [2.75, 3.05) is 32.3 Å². The number of methoxy groups -OCH3 is 2. The monoisotopic (exact) mass is 746 g/mol. The zero-order valence-corrected chi connectivity index (χ0v) is 29.8. The second kappa shape index (κ2) is 13.9. The highest BCUT2D eigenvalue weighted by Gasteiger charge is 2.66. The van der Waals surface area contributed by atoms with Gasteiger partial charge in [-0.25, -0.2) is 0 Å². The number of unbranched alkanes of at least 4 members (excludes halogenated alkanes) is 1. The molecule has 0 aliphatic carbocycles. The van der Waals surface area contributed by atoms with Crippen molar-refractivity contribution in [2.45, 2.75) is 75.9 Å². The van der Waals surface area contributed by atoms with Crippen LogP contribution in [0.1, 0.15) is 43.9 Å². The summed E-state index contributed by atoms with van der Waals surface area (Å²) in [5, 5.41) is 19.1. The molecular formula is C33H43IN4O6Si. The number of carbonyl (C=O) groups excluding carboxylic acids is 2. The number of rotatable bonds is 13. The van der Waals surface area contributed by atoms with Crippen LogP contribution in [0.4, 0.5) is 5.69 Å². The van der Waals surface area contributed by atoms with Crippen molar-refractivity contribution in [3.05, 3.63) is 63.5 Å². The maximum atomic E-state index is 14.7. The maximum absolute atomic E-state index is 14.7. The van der Waals surface area contributed by atoms with Gasteiger partial charge in [0, 0.05) is 53.8 Å². The highest BCUT2D eigenvalue weighted by atomic mass is 127. The summed E-state index contributed by atoms with van der Waals surface area (Å²) < 4.78 is 20.3. The molecule has 10 nitrogen and oxygen atoms in total. The zero-order valence-electron chi connectivity index (χ0n) is 26.7. The van der Waals surface area contributed by atoms with E-state index >= 15 is 0 Å². The number of benzene rings is 2. The van der Waals surface area contributed by atoms with Gasteiger partial charge in [-0.15, -0.1) is 5.10 Å². The van der Waals surface area contributed by atoms with Crippen molar-refractivity contribution in [1.82, 2.24) is 15.0 Å². The van der Waals surface area contributed by atoms with Gasteiger partial charge in [-0.2, -0.15) is 0 Å². The fourth-order valence-electron chi connectivity index (χ4n) is 7.36. The topological polar surface area (TPSA) is 116 Å². The number of aliphatic hydroxyl groups is 1. The number of ether oxygens (including phenoxy) is 3. The Morgan fingerprint density at radius 3 is 2.58 bits per heavy atom. The molecule has 1 N–H and O–H groups in total. The van der Waals surface area contributed by atoms with Crippen molar-refractivity contribution < 1.29 is 28.9 Å². The molecule has 0 saturated carbocycles. The molecule has 1 amide bonds. The molecule has 3 aromatic rings. The number of carbonyl (C=O) groups is 2.